The van der Waals surface area contributed by atoms with Gasteiger partial charge in [-0.2, -0.15) is 0 Å². The summed E-state index contributed by atoms with van der Waals surface area (Å²) in [6.45, 7) is 0. The van der Waals surface area contributed by atoms with E-state index in [4.69, 9.17) is 12.2 Å². The van der Waals surface area contributed by atoms with E-state index in [0.717, 1.165) is 19.6 Å². The Kier molecular flexibility index (Phi) is 2.51. The fourth-order valence-corrected chi connectivity index (χ4v) is 4.58. The van der Waals surface area contributed by atoms with Crippen LogP contribution in [0.5, 0.6) is 5.19 Å². The molecule has 2 aromatic heterocycles. The molecule has 0 aliphatic heterocycles. The Morgan fingerprint density at radius 2 is 2.06 bits per heavy atom. The van der Waals surface area contributed by atoms with Crippen LogP contribution in [0.2, 0.25) is 0 Å². The van der Waals surface area contributed by atoms with E-state index in [1.54, 1.807) is 20.7 Å². The van der Waals surface area contributed by atoms with Gasteiger partial charge in [-0.15, -0.1) is 0 Å². The van der Waals surface area contributed by atoms with Crippen LogP contribution in [0.3, 0.4) is 0 Å². The fourth-order valence-electron chi connectivity index (χ4n) is 1.44. The number of benzene rings is 1. The van der Waals surface area contributed by atoms with Gasteiger partial charge in [0.25, 0.3) is 5.19 Å². The van der Waals surface area contributed by atoms with E-state index in [1.807, 2.05) is 24.3 Å². The first-order chi connectivity index (χ1) is 7.72. The van der Waals surface area contributed by atoms with Gasteiger partial charge in [-0.05, 0) is 23.8 Å². The van der Waals surface area contributed by atoms with Crippen LogP contribution in [0.1, 0.15) is 0 Å². The molecule has 0 saturated heterocycles. The zero-order valence-electron chi connectivity index (χ0n) is 7.84. The number of nitrogens with zero attached hydrogens (tertiary/aromatic N) is 1. The Labute approximate surface area is 108 Å². The Morgan fingerprint density at radius 3 is 2.81 bits per heavy atom. The summed E-state index contributed by atoms with van der Waals surface area (Å²) in [6.07, 6.45) is 0. The average Bonchev–Trinajstić information content (AvgIpc) is 2.81. The summed E-state index contributed by atoms with van der Waals surface area (Å²) in [7, 11) is 3.28. The molecule has 2 heterocycles. The molecule has 0 amide bonds. The molecule has 80 valence electrons. The van der Waals surface area contributed by atoms with Gasteiger partial charge in [0.1, 0.15) is 3.82 Å². The Balaban J connectivity index is 2.21. The minimum absolute atomic E-state index is 0.116. The van der Waals surface area contributed by atoms with E-state index in [-0.39, 0.29) is 5.19 Å². The van der Waals surface area contributed by atoms with Crippen LogP contribution in [0.25, 0.3) is 20.7 Å². The van der Waals surface area contributed by atoms with Gasteiger partial charge in [-0.25, -0.2) is 4.98 Å². The quantitative estimate of drug-likeness (QED) is 0.526. The molecule has 0 radical (unpaired) electrons. The zero-order valence-corrected chi connectivity index (χ0v) is 11.1. The van der Waals surface area contributed by atoms with Crippen LogP contribution in [0.4, 0.5) is 0 Å². The van der Waals surface area contributed by atoms with E-state index >= 15 is 0 Å². The number of thiazole rings is 1. The Bertz CT molecular complexity index is 709. The molecule has 3 aromatic rings. The lowest BCUT2D eigenvalue weighted by Gasteiger charge is -1.95. The van der Waals surface area contributed by atoms with Gasteiger partial charge in [-0.1, -0.05) is 50.3 Å². The maximum atomic E-state index is 9.32. The molecule has 0 bridgehead atoms. The first-order valence-corrected chi connectivity index (χ1v) is 7.80. The summed E-state index contributed by atoms with van der Waals surface area (Å²) >= 11 is 6.41. The summed E-state index contributed by atoms with van der Waals surface area (Å²) in [6, 6.07) is 7.98. The van der Waals surface area contributed by atoms with Crippen molar-refractivity contribution >= 4 is 54.5 Å². The third kappa shape index (κ3) is 1.78. The second-order valence-electron chi connectivity index (χ2n) is 3.17. The number of hydrogen-bond acceptors (Lipinski definition) is 6. The maximum Gasteiger partial charge on any atom is 0.271 e. The maximum absolute atomic E-state index is 9.32. The van der Waals surface area contributed by atoms with Gasteiger partial charge in [0.05, 0.1) is 10.2 Å². The third-order valence-electron chi connectivity index (χ3n) is 2.12. The molecule has 0 saturated carbocycles. The van der Waals surface area contributed by atoms with Crippen LogP contribution >= 0.6 is 44.2 Å². The molecule has 1 aromatic carbocycles. The lowest BCUT2D eigenvalue weighted by Crippen LogP contribution is -1.72. The fraction of sp³-hybridized carbons (Fsp3) is 0. The van der Waals surface area contributed by atoms with E-state index in [2.05, 4.69) is 4.98 Å². The molecular formula is C10H5NOS4. The molecule has 0 spiro atoms. The SMILES string of the molecule is Oc1nc2ccc(-c3cc(=S)ss3)cc2s1. The van der Waals surface area contributed by atoms with E-state index in [9.17, 15) is 5.11 Å². The van der Waals surface area contributed by atoms with Crippen LogP contribution in [0.15, 0.2) is 24.3 Å². The summed E-state index contributed by atoms with van der Waals surface area (Å²) < 4.78 is 1.91. The van der Waals surface area contributed by atoms with Crippen LogP contribution in [-0.4, -0.2) is 10.1 Å². The number of aromatic nitrogens is 1. The third-order valence-corrected chi connectivity index (χ3v) is 5.86. The molecule has 0 atom stereocenters. The molecule has 0 aliphatic carbocycles. The van der Waals surface area contributed by atoms with Gasteiger partial charge < -0.3 is 5.11 Å². The summed E-state index contributed by atoms with van der Waals surface area (Å²) in [4.78, 5) is 5.18. The van der Waals surface area contributed by atoms with Crippen molar-refractivity contribution in [2.24, 2.45) is 0 Å². The highest BCUT2D eigenvalue weighted by molar-refractivity contribution is 7.80. The van der Waals surface area contributed by atoms with Crippen molar-refractivity contribution in [3.63, 3.8) is 0 Å². The number of aromatic hydroxyl groups is 1. The molecular weight excluding hydrogens is 278 g/mol. The molecule has 2 nitrogen and oxygen atoms in total. The van der Waals surface area contributed by atoms with Crippen molar-refractivity contribution in [3.8, 4) is 15.6 Å². The van der Waals surface area contributed by atoms with E-state index < -0.39 is 0 Å². The number of fused-ring (bicyclic) bond motifs is 1. The lowest BCUT2D eigenvalue weighted by atomic mass is 10.2. The molecule has 6 heteroatoms. The smallest absolute Gasteiger partial charge is 0.271 e. The standard InChI is InChI=1S/C10H5NOS4/c12-10-11-6-2-1-5(3-8(6)14-10)7-4-9(13)16-15-7/h1-4H,(H,11,12). The van der Waals surface area contributed by atoms with Crippen LogP contribution in [0, 0.1) is 3.82 Å². The van der Waals surface area contributed by atoms with Gasteiger partial charge >= 0.3 is 0 Å². The molecule has 1 N–H and O–H groups in total. The van der Waals surface area contributed by atoms with Gasteiger partial charge in [0.15, 0.2) is 0 Å². The van der Waals surface area contributed by atoms with E-state index in [1.165, 1.54) is 16.2 Å². The number of rotatable bonds is 1. The molecule has 16 heavy (non-hydrogen) atoms. The van der Waals surface area contributed by atoms with Gasteiger partial charge in [0, 0.05) is 4.88 Å². The largest absolute Gasteiger partial charge is 0.486 e. The van der Waals surface area contributed by atoms with Crippen molar-refractivity contribution in [3.05, 3.63) is 28.1 Å². The first kappa shape index (κ1) is 10.3. The first-order valence-electron chi connectivity index (χ1n) is 4.42. The Hall–Kier alpha value is -0.820. The van der Waals surface area contributed by atoms with Crippen molar-refractivity contribution in [1.82, 2.24) is 4.98 Å². The zero-order chi connectivity index (χ0) is 11.1. The number of hydrogen-bond donors (Lipinski definition) is 1. The highest BCUT2D eigenvalue weighted by Crippen LogP contribution is 2.34. The topological polar surface area (TPSA) is 33.1 Å². The second kappa shape index (κ2) is 3.89. The molecule has 0 fully saturated rings. The molecule has 3 rings (SSSR count). The van der Waals surface area contributed by atoms with Crippen molar-refractivity contribution < 1.29 is 5.11 Å². The predicted molar refractivity (Wildman–Crippen MR) is 73.3 cm³/mol. The molecule has 0 unspecified atom stereocenters. The van der Waals surface area contributed by atoms with Crippen molar-refractivity contribution in [2.45, 2.75) is 0 Å². The highest BCUT2D eigenvalue weighted by Gasteiger charge is 2.05. The van der Waals surface area contributed by atoms with Crippen molar-refractivity contribution in [2.75, 3.05) is 0 Å². The molecule has 0 aliphatic rings. The second-order valence-corrected chi connectivity index (χ2v) is 7.09. The van der Waals surface area contributed by atoms with Crippen LogP contribution in [-0.2, 0) is 0 Å². The normalized spacial score (nSPS) is 11.0. The Morgan fingerprint density at radius 1 is 1.19 bits per heavy atom. The average molecular weight is 283 g/mol. The monoisotopic (exact) mass is 283 g/mol. The highest BCUT2D eigenvalue weighted by atomic mass is 32.9. The van der Waals surface area contributed by atoms with Gasteiger partial charge in [-0.3, -0.25) is 0 Å². The minimum atomic E-state index is 0.116. The summed E-state index contributed by atoms with van der Waals surface area (Å²) in [5, 5.41) is 9.43. The van der Waals surface area contributed by atoms with Crippen LogP contribution < -0.4 is 0 Å². The van der Waals surface area contributed by atoms with E-state index in [0.29, 0.717) is 0 Å². The minimum Gasteiger partial charge on any atom is -0.486 e. The van der Waals surface area contributed by atoms with Crippen molar-refractivity contribution in [1.29, 1.82) is 0 Å². The summed E-state index contributed by atoms with van der Waals surface area (Å²) in [5.41, 5.74) is 1.97. The lowest BCUT2D eigenvalue weighted by molar-refractivity contribution is 0.472. The summed E-state index contributed by atoms with van der Waals surface area (Å²) in [5.74, 6) is 0. The van der Waals surface area contributed by atoms with Gasteiger partial charge in [0.2, 0.25) is 0 Å². The predicted octanol–water partition coefficient (Wildman–Crippen LogP) is 4.52.